The predicted octanol–water partition coefficient (Wildman–Crippen LogP) is 1.50. The Morgan fingerprint density at radius 2 is 2.27 bits per heavy atom. The number of methoxy groups -OCH3 is 1. The Morgan fingerprint density at radius 3 is 2.87 bits per heavy atom. The highest BCUT2D eigenvalue weighted by Gasteiger charge is 2.10. The van der Waals surface area contributed by atoms with Crippen molar-refractivity contribution < 1.29 is 14.3 Å². The number of rotatable bonds is 4. The third kappa shape index (κ3) is 2.94. The first-order valence-electron chi connectivity index (χ1n) is 4.83. The van der Waals surface area contributed by atoms with Crippen LogP contribution < -0.4 is 4.74 Å². The average Bonchev–Trinajstić information content (AvgIpc) is 2.21. The summed E-state index contributed by atoms with van der Waals surface area (Å²) >= 11 is 0. The normalized spacial score (nSPS) is 9.80. The summed E-state index contributed by atoms with van der Waals surface area (Å²) in [6.07, 6.45) is 1.82. The fourth-order valence-electron chi connectivity index (χ4n) is 1.31. The van der Waals surface area contributed by atoms with Crippen LogP contribution in [0.3, 0.4) is 0 Å². The molecule has 0 fully saturated rings. The number of carbonyl (C=O) groups excluding carboxylic acids is 1. The summed E-state index contributed by atoms with van der Waals surface area (Å²) in [7, 11) is 1.59. The summed E-state index contributed by atoms with van der Waals surface area (Å²) in [5, 5.41) is 0. The van der Waals surface area contributed by atoms with E-state index in [9.17, 15) is 4.79 Å². The number of ether oxygens (including phenoxy) is 2. The molecular weight excluding hydrogens is 194 g/mol. The van der Waals surface area contributed by atoms with E-state index in [1.807, 2.05) is 6.92 Å². The molecule has 0 radical (unpaired) electrons. The van der Waals surface area contributed by atoms with Gasteiger partial charge in [0.1, 0.15) is 5.75 Å². The highest BCUT2D eigenvalue weighted by Crippen LogP contribution is 2.19. The zero-order valence-electron chi connectivity index (χ0n) is 9.24. The third-order valence-corrected chi connectivity index (χ3v) is 2.10. The zero-order valence-corrected chi connectivity index (χ0v) is 9.24. The summed E-state index contributed by atoms with van der Waals surface area (Å²) < 4.78 is 9.99. The number of pyridine rings is 1. The molecule has 0 amide bonds. The Hall–Kier alpha value is -1.58. The maximum atomic E-state index is 11.3. The second kappa shape index (κ2) is 5.34. The van der Waals surface area contributed by atoms with E-state index in [1.54, 1.807) is 26.3 Å². The van der Waals surface area contributed by atoms with Crippen LogP contribution in [0.1, 0.15) is 18.2 Å². The number of carbonyl (C=O) groups is 1. The number of esters is 1. The molecule has 0 aromatic carbocycles. The van der Waals surface area contributed by atoms with E-state index in [0.29, 0.717) is 12.3 Å². The van der Waals surface area contributed by atoms with Crippen LogP contribution >= 0.6 is 0 Å². The average molecular weight is 209 g/mol. The van der Waals surface area contributed by atoms with Crippen LogP contribution in [-0.2, 0) is 16.0 Å². The van der Waals surface area contributed by atoms with E-state index < -0.39 is 0 Å². The van der Waals surface area contributed by atoms with Crippen molar-refractivity contribution in [1.29, 1.82) is 0 Å². The minimum atomic E-state index is -0.263. The summed E-state index contributed by atoms with van der Waals surface area (Å²) in [5.41, 5.74) is 1.58. The highest BCUT2D eigenvalue weighted by molar-refractivity contribution is 5.72. The minimum absolute atomic E-state index is 0.191. The summed E-state index contributed by atoms with van der Waals surface area (Å²) in [6, 6.07) is 1.77. The van der Waals surface area contributed by atoms with Gasteiger partial charge in [0.05, 0.1) is 25.8 Å². The monoisotopic (exact) mass is 209 g/mol. The van der Waals surface area contributed by atoms with Crippen LogP contribution in [0.5, 0.6) is 5.75 Å². The molecule has 15 heavy (non-hydrogen) atoms. The molecule has 0 saturated heterocycles. The van der Waals surface area contributed by atoms with E-state index in [1.165, 1.54) is 0 Å². The molecule has 0 aliphatic rings. The molecule has 4 heteroatoms. The SMILES string of the molecule is CCOC(=O)Cc1nccc(OC)c1C. The van der Waals surface area contributed by atoms with Crippen molar-refractivity contribution in [3.63, 3.8) is 0 Å². The Kier molecular flexibility index (Phi) is 4.09. The van der Waals surface area contributed by atoms with E-state index in [0.717, 1.165) is 11.3 Å². The van der Waals surface area contributed by atoms with Crippen LogP contribution in [-0.4, -0.2) is 24.7 Å². The Bertz CT molecular complexity index is 350. The molecule has 0 N–H and O–H groups in total. The molecule has 0 bridgehead atoms. The van der Waals surface area contributed by atoms with Crippen molar-refractivity contribution >= 4 is 5.97 Å². The van der Waals surface area contributed by atoms with E-state index >= 15 is 0 Å². The van der Waals surface area contributed by atoms with Crippen molar-refractivity contribution in [3.8, 4) is 5.75 Å². The lowest BCUT2D eigenvalue weighted by atomic mass is 10.1. The van der Waals surface area contributed by atoms with Gasteiger partial charge in [0.15, 0.2) is 0 Å². The number of nitrogens with zero attached hydrogens (tertiary/aromatic N) is 1. The van der Waals surface area contributed by atoms with Crippen LogP contribution in [0, 0.1) is 6.92 Å². The molecule has 82 valence electrons. The fourth-order valence-corrected chi connectivity index (χ4v) is 1.31. The van der Waals surface area contributed by atoms with Gasteiger partial charge in [-0.05, 0) is 19.9 Å². The summed E-state index contributed by atoms with van der Waals surface area (Å²) in [4.78, 5) is 15.4. The van der Waals surface area contributed by atoms with Crippen LogP contribution in [0.4, 0.5) is 0 Å². The quantitative estimate of drug-likeness (QED) is 0.705. The Labute approximate surface area is 89.2 Å². The molecular formula is C11H15NO3. The van der Waals surface area contributed by atoms with Crippen molar-refractivity contribution in [2.45, 2.75) is 20.3 Å². The number of hydrogen-bond acceptors (Lipinski definition) is 4. The summed E-state index contributed by atoms with van der Waals surface area (Å²) in [5.74, 6) is 0.477. The topological polar surface area (TPSA) is 48.4 Å². The van der Waals surface area contributed by atoms with E-state index in [-0.39, 0.29) is 12.4 Å². The lowest BCUT2D eigenvalue weighted by Gasteiger charge is -2.08. The first-order chi connectivity index (χ1) is 7.19. The first kappa shape index (κ1) is 11.5. The standard InChI is InChI=1S/C11H15NO3/c1-4-15-11(13)7-9-8(2)10(14-3)5-6-12-9/h5-6H,4,7H2,1-3H3. The molecule has 0 aliphatic heterocycles. The Balaban J connectivity index is 2.81. The number of hydrogen-bond donors (Lipinski definition) is 0. The maximum Gasteiger partial charge on any atom is 0.311 e. The van der Waals surface area contributed by atoms with Crippen LogP contribution in [0.15, 0.2) is 12.3 Å². The van der Waals surface area contributed by atoms with Crippen molar-refractivity contribution in [2.75, 3.05) is 13.7 Å². The first-order valence-corrected chi connectivity index (χ1v) is 4.83. The lowest BCUT2D eigenvalue weighted by Crippen LogP contribution is -2.10. The van der Waals surface area contributed by atoms with Gasteiger partial charge in [-0.1, -0.05) is 0 Å². The van der Waals surface area contributed by atoms with E-state index in [2.05, 4.69) is 4.98 Å². The molecule has 0 spiro atoms. The van der Waals surface area contributed by atoms with Crippen LogP contribution in [0.25, 0.3) is 0 Å². The largest absolute Gasteiger partial charge is 0.496 e. The highest BCUT2D eigenvalue weighted by atomic mass is 16.5. The summed E-state index contributed by atoms with van der Waals surface area (Å²) in [6.45, 7) is 4.05. The van der Waals surface area contributed by atoms with Gasteiger partial charge in [-0.2, -0.15) is 0 Å². The molecule has 0 unspecified atom stereocenters. The van der Waals surface area contributed by atoms with Gasteiger partial charge in [-0.25, -0.2) is 0 Å². The van der Waals surface area contributed by atoms with Crippen molar-refractivity contribution in [1.82, 2.24) is 4.98 Å². The zero-order chi connectivity index (χ0) is 11.3. The van der Waals surface area contributed by atoms with Gasteiger partial charge in [0.2, 0.25) is 0 Å². The fraction of sp³-hybridized carbons (Fsp3) is 0.455. The van der Waals surface area contributed by atoms with Gasteiger partial charge in [0.25, 0.3) is 0 Å². The Morgan fingerprint density at radius 1 is 1.53 bits per heavy atom. The number of aromatic nitrogens is 1. The molecule has 0 aliphatic carbocycles. The smallest absolute Gasteiger partial charge is 0.311 e. The molecule has 1 rings (SSSR count). The van der Waals surface area contributed by atoms with E-state index in [4.69, 9.17) is 9.47 Å². The van der Waals surface area contributed by atoms with Gasteiger partial charge in [-0.3, -0.25) is 9.78 Å². The van der Waals surface area contributed by atoms with Gasteiger partial charge in [0, 0.05) is 11.8 Å². The second-order valence-electron chi connectivity index (χ2n) is 3.07. The molecule has 0 saturated carbocycles. The maximum absolute atomic E-state index is 11.3. The van der Waals surface area contributed by atoms with Crippen molar-refractivity contribution in [3.05, 3.63) is 23.5 Å². The molecule has 1 heterocycles. The molecule has 4 nitrogen and oxygen atoms in total. The lowest BCUT2D eigenvalue weighted by molar-refractivity contribution is -0.142. The molecule has 1 aromatic heterocycles. The van der Waals surface area contributed by atoms with Gasteiger partial charge < -0.3 is 9.47 Å². The van der Waals surface area contributed by atoms with Crippen LogP contribution in [0.2, 0.25) is 0 Å². The van der Waals surface area contributed by atoms with Crippen molar-refractivity contribution in [2.24, 2.45) is 0 Å². The molecule has 0 atom stereocenters. The minimum Gasteiger partial charge on any atom is -0.496 e. The predicted molar refractivity (Wildman–Crippen MR) is 55.9 cm³/mol. The van der Waals surface area contributed by atoms with Gasteiger partial charge in [-0.15, -0.1) is 0 Å². The molecule has 1 aromatic rings. The third-order valence-electron chi connectivity index (χ3n) is 2.10. The second-order valence-corrected chi connectivity index (χ2v) is 3.07. The van der Waals surface area contributed by atoms with Gasteiger partial charge >= 0.3 is 5.97 Å².